The van der Waals surface area contributed by atoms with Crippen LogP contribution in [0.1, 0.15) is 41.3 Å². The second-order valence-electron chi connectivity index (χ2n) is 8.25. The third-order valence-electron chi connectivity index (χ3n) is 5.58. The van der Waals surface area contributed by atoms with Crippen molar-refractivity contribution in [2.24, 2.45) is 0 Å². The molecule has 2 aromatic rings. The minimum absolute atomic E-state index is 0.105. The summed E-state index contributed by atoms with van der Waals surface area (Å²) in [4.78, 5) is 20.9. The fraction of sp³-hybridized carbons (Fsp3) is 0.455. The van der Waals surface area contributed by atoms with E-state index in [9.17, 15) is 18.3 Å². The maximum absolute atomic E-state index is 12.2. The first kappa shape index (κ1) is 23.2. The monoisotopic (exact) mass is 446 g/mol. The second kappa shape index (κ2) is 9.33. The molecule has 1 aromatic heterocycles. The lowest BCUT2D eigenvalue weighted by atomic mass is 9.98. The highest BCUT2D eigenvalue weighted by Crippen LogP contribution is 2.28. The summed E-state index contributed by atoms with van der Waals surface area (Å²) in [7, 11) is -0.391. The van der Waals surface area contributed by atoms with Crippen molar-refractivity contribution in [1.82, 2.24) is 14.2 Å². The van der Waals surface area contributed by atoms with Crippen LogP contribution in [0, 0.1) is 0 Å². The van der Waals surface area contributed by atoms with Gasteiger partial charge in [0.2, 0.25) is 10.0 Å². The van der Waals surface area contributed by atoms with Crippen LogP contribution < -0.4 is 4.90 Å². The highest BCUT2D eigenvalue weighted by Gasteiger charge is 2.26. The van der Waals surface area contributed by atoms with Crippen molar-refractivity contribution in [3.05, 3.63) is 53.2 Å². The zero-order valence-corrected chi connectivity index (χ0v) is 19.3. The molecule has 0 aliphatic carbocycles. The van der Waals surface area contributed by atoms with Gasteiger partial charge in [-0.3, -0.25) is 4.90 Å². The number of sulfonamides is 1. The number of benzene rings is 1. The Morgan fingerprint density at radius 2 is 1.71 bits per heavy atom. The van der Waals surface area contributed by atoms with Gasteiger partial charge in [-0.25, -0.2) is 22.5 Å². The molecule has 0 bridgehead atoms. The molecule has 168 valence electrons. The molecule has 1 saturated heterocycles. The molecule has 0 saturated carbocycles. The Labute approximate surface area is 184 Å². The number of piperazine rings is 1. The predicted octanol–water partition coefficient (Wildman–Crippen LogP) is 2.48. The predicted molar refractivity (Wildman–Crippen MR) is 120 cm³/mol. The summed E-state index contributed by atoms with van der Waals surface area (Å²) < 4.78 is 25.6. The zero-order valence-electron chi connectivity index (χ0n) is 18.4. The van der Waals surface area contributed by atoms with Crippen LogP contribution in [0.4, 0.5) is 5.82 Å². The van der Waals surface area contributed by atoms with Gasteiger partial charge in [-0.2, -0.15) is 0 Å². The Kier molecular flexibility index (Phi) is 6.98. The van der Waals surface area contributed by atoms with Gasteiger partial charge in [0.25, 0.3) is 0 Å². The van der Waals surface area contributed by atoms with Gasteiger partial charge in [0, 0.05) is 53.0 Å². The molecule has 1 N–H and O–H groups in total. The normalized spacial score (nSPS) is 15.6. The Balaban J connectivity index is 1.67. The fourth-order valence-electron chi connectivity index (χ4n) is 3.76. The molecule has 0 radical (unpaired) electrons. The molecule has 3 rings (SSSR count). The van der Waals surface area contributed by atoms with E-state index in [1.165, 1.54) is 18.4 Å². The molecule has 0 atom stereocenters. The van der Waals surface area contributed by atoms with Crippen molar-refractivity contribution in [3.63, 3.8) is 0 Å². The van der Waals surface area contributed by atoms with Gasteiger partial charge in [-0.15, -0.1) is 0 Å². The molecule has 0 spiro atoms. The second-order valence-corrected chi connectivity index (χ2v) is 10.4. The van der Waals surface area contributed by atoms with E-state index in [4.69, 9.17) is 0 Å². The number of pyridine rings is 1. The number of carbonyl (C=O) groups is 1. The van der Waals surface area contributed by atoms with E-state index < -0.39 is 16.0 Å². The van der Waals surface area contributed by atoms with E-state index in [2.05, 4.69) is 9.88 Å². The number of nitrogens with zero attached hydrogens (tertiary/aromatic N) is 4. The summed E-state index contributed by atoms with van der Waals surface area (Å²) >= 11 is 0. The maximum Gasteiger partial charge on any atom is 0.339 e. The van der Waals surface area contributed by atoms with Gasteiger partial charge >= 0.3 is 5.97 Å². The van der Waals surface area contributed by atoms with Gasteiger partial charge in [-0.1, -0.05) is 26.0 Å². The summed E-state index contributed by atoms with van der Waals surface area (Å²) in [5.74, 6) is -0.299. The minimum atomic E-state index is -3.43. The minimum Gasteiger partial charge on any atom is -0.478 e. The molecule has 1 aliphatic heterocycles. The van der Waals surface area contributed by atoms with Crippen molar-refractivity contribution in [2.75, 3.05) is 45.2 Å². The number of carboxylic acid groups (broad SMARTS) is 1. The maximum atomic E-state index is 12.2. The van der Waals surface area contributed by atoms with Crippen LogP contribution in [0.3, 0.4) is 0 Å². The van der Waals surface area contributed by atoms with Crippen LogP contribution in [0.2, 0.25) is 0 Å². The highest BCUT2D eigenvalue weighted by molar-refractivity contribution is 7.89. The van der Waals surface area contributed by atoms with E-state index in [1.54, 1.807) is 24.4 Å². The molecule has 1 aromatic carbocycles. The standard InChI is InChI=1S/C22H30N4O4S/c1-16(2)19-9-10-23-21(20(19)22(27)28)26-13-11-25(12-14-26)15-17-5-7-18(8-6-17)31(29,30)24(3)4/h5-10,16H,11-15H2,1-4H3,(H,27,28). The van der Waals surface area contributed by atoms with Crippen LogP contribution in [0.25, 0.3) is 0 Å². The van der Waals surface area contributed by atoms with Crippen LogP contribution in [-0.4, -0.2) is 74.0 Å². The molecule has 0 amide bonds. The topological polar surface area (TPSA) is 94.1 Å². The van der Waals surface area contributed by atoms with Crippen molar-refractivity contribution in [2.45, 2.75) is 31.2 Å². The smallest absolute Gasteiger partial charge is 0.339 e. The summed E-state index contributed by atoms with van der Waals surface area (Å²) in [6, 6.07) is 8.76. The van der Waals surface area contributed by atoms with Crippen molar-refractivity contribution >= 4 is 21.8 Å². The van der Waals surface area contributed by atoms with Gasteiger partial charge < -0.3 is 10.0 Å². The summed E-state index contributed by atoms with van der Waals surface area (Å²) in [5.41, 5.74) is 2.13. The van der Waals surface area contributed by atoms with Gasteiger partial charge in [0.15, 0.2) is 0 Å². The van der Waals surface area contributed by atoms with Gasteiger partial charge in [0.1, 0.15) is 11.4 Å². The number of hydrogen-bond acceptors (Lipinski definition) is 6. The summed E-state index contributed by atoms with van der Waals surface area (Å²) in [6.45, 7) is 7.58. The highest BCUT2D eigenvalue weighted by atomic mass is 32.2. The Morgan fingerprint density at radius 3 is 2.23 bits per heavy atom. The first-order valence-corrected chi connectivity index (χ1v) is 11.8. The van der Waals surface area contributed by atoms with Gasteiger partial charge in [0.05, 0.1) is 4.90 Å². The molecule has 2 heterocycles. The fourth-order valence-corrected chi connectivity index (χ4v) is 4.66. The average Bonchev–Trinajstić information content (AvgIpc) is 2.74. The SMILES string of the molecule is CC(C)c1ccnc(N2CCN(Cc3ccc(S(=O)(=O)N(C)C)cc3)CC2)c1C(=O)O. The third-order valence-corrected chi connectivity index (χ3v) is 7.41. The first-order chi connectivity index (χ1) is 14.6. The molecule has 1 fully saturated rings. The quantitative estimate of drug-likeness (QED) is 0.698. The molecular formula is C22H30N4O4S. The van der Waals surface area contributed by atoms with Crippen molar-refractivity contribution in [3.8, 4) is 0 Å². The van der Waals surface area contributed by atoms with E-state index >= 15 is 0 Å². The number of aromatic nitrogens is 1. The Bertz CT molecular complexity index is 1030. The largest absolute Gasteiger partial charge is 0.478 e. The molecule has 9 heteroatoms. The molecular weight excluding hydrogens is 416 g/mol. The summed E-state index contributed by atoms with van der Waals surface area (Å²) in [5, 5.41) is 9.76. The summed E-state index contributed by atoms with van der Waals surface area (Å²) in [6.07, 6.45) is 1.69. The lowest BCUT2D eigenvalue weighted by Crippen LogP contribution is -2.46. The number of aromatic carboxylic acids is 1. The van der Waals surface area contributed by atoms with Gasteiger partial charge in [-0.05, 0) is 35.2 Å². The van der Waals surface area contributed by atoms with Crippen LogP contribution in [0.15, 0.2) is 41.4 Å². The molecule has 0 unspecified atom stereocenters. The lowest BCUT2D eigenvalue weighted by Gasteiger charge is -2.36. The zero-order chi connectivity index (χ0) is 22.8. The van der Waals surface area contributed by atoms with E-state index in [-0.39, 0.29) is 10.8 Å². The van der Waals surface area contributed by atoms with Crippen LogP contribution >= 0.6 is 0 Å². The number of anilines is 1. The third kappa shape index (κ3) is 5.06. The van der Waals surface area contributed by atoms with E-state index in [0.717, 1.165) is 24.2 Å². The van der Waals surface area contributed by atoms with E-state index in [1.807, 2.05) is 30.9 Å². The van der Waals surface area contributed by atoms with Crippen molar-refractivity contribution in [1.29, 1.82) is 0 Å². The Morgan fingerprint density at radius 1 is 1.10 bits per heavy atom. The van der Waals surface area contributed by atoms with E-state index in [0.29, 0.717) is 31.0 Å². The van der Waals surface area contributed by atoms with Crippen LogP contribution in [-0.2, 0) is 16.6 Å². The molecule has 31 heavy (non-hydrogen) atoms. The Hall–Kier alpha value is -2.49. The molecule has 8 nitrogen and oxygen atoms in total. The van der Waals surface area contributed by atoms with Crippen molar-refractivity contribution < 1.29 is 18.3 Å². The molecule has 1 aliphatic rings. The van der Waals surface area contributed by atoms with Crippen LogP contribution in [0.5, 0.6) is 0 Å². The lowest BCUT2D eigenvalue weighted by molar-refractivity contribution is 0.0695. The number of hydrogen-bond donors (Lipinski definition) is 1. The number of carboxylic acids is 1. The number of rotatable bonds is 7. The first-order valence-electron chi connectivity index (χ1n) is 10.3. The average molecular weight is 447 g/mol.